The smallest absolute Gasteiger partial charge is 0.416 e. The van der Waals surface area contributed by atoms with Crippen molar-refractivity contribution in [3.05, 3.63) is 35.1 Å². The number of amides is 1. The van der Waals surface area contributed by atoms with E-state index in [9.17, 15) is 27.2 Å². The van der Waals surface area contributed by atoms with Gasteiger partial charge in [-0.1, -0.05) is 6.07 Å². The normalized spacial score (nSPS) is 22.4. The minimum absolute atomic E-state index is 0.214. The molecule has 9 heteroatoms. The van der Waals surface area contributed by atoms with Crippen molar-refractivity contribution in [2.75, 3.05) is 13.2 Å². The monoisotopic (exact) mass is 307 g/mol. The zero-order valence-corrected chi connectivity index (χ0v) is 10.3. The summed E-state index contributed by atoms with van der Waals surface area (Å²) in [5.74, 6) is -2.11. The van der Waals surface area contributed by atoms with Crippen LogP contribution in [-0.2, 0) is 21.2 Å². The van der Waals surface area contributed by atoms with E-state index in [2.05, 4.69) is 0 Å². The highest BCUT2D eigenvalue weighted by molar-refractivity contribution is 5.95. The van der Waals surface area contributed by atoms with E-state index >= 15 is 0 Å². The number of halogens is 4. The minimum atomic E-state index is -4.75. The van der Waals surface area contributed by atoms with Gasteiger partial charge in [-0.15, -0.1) is 0 Å². The first-order chi connectivity index (χ1) is 9.67. The first-order valence-corrected chi connectivity index (χ1v) is 5.66. The average Bonchev–Trinajstić information content (AvgIpc) is 2.69. The summed E-state index contributed by atoms with van der Waals surface area (Å²) in [6, 6.07) is 1.53. The Kier molecular flexibility index (Phi) is 3.62. The van der Waals surface area contributed by atoms with Gasteiger partial charge in [-0.25, -0.2) is 9.18 Å². The highest BCUT2D eigenvalue weighted by Gasteiger charge is 2.48. The van der Waals surface area contributed by atoms with E-state index in [4.69, 9.17) is 9.84 Å². The molecular formula is C12H9F4NO4. The molecule has 0 aromatic heterocycles. The Balaban J connectivity index is 2.52. The van der Waals surface area contributed by atoms with Crippen LogP contribution in [0.1, 0.15) is 11.1 Å². The Morgan fingerprint density at radius 2 is 2.05 bits per heavy atom. The third-order valence-electron chi connectivity index (χ3n) is 3.10. The second kappa shape index (κ2) is 4.99. The van der Waals surface area contributed by atoms with Crippen molar-refractivity contribution in [1.29, 1.82) is 0 Å². The molecule has 1 fully saturated rings. The summed E-state index contributed by atoms with van der Waals surface area (Å²) >= 11 is 0. The molecule has 1 aromatic carbocycles. The Bertz CT molecular complexity index is 601. The molecular weight excluding hydrogens is 298 g/mol. The number of ether oxygens (including phenoxy) is 1. The lowest BCUT2D eigenvalue weighted by Crippen LogP contribution is -2.51. The van der Waals surface area contributed by atoms with E-state index in [1.807, 2.05) is 5.32 Å². The van der Waals surface area contributed by atoms with Crippen LogP contribution in [0.4, 0.5) is 22.4 Å². The first-order valence-electron chi connectivity index (χ1n) is 5.66. The second-order valence-electron chi connectivity index (χ2n) is 4.44. The number of hydrogen-bond acceptors (Lipinski definition) is 3. The summed E-state index contributed by atoms with van der Waals surface area (Å²) in [5.41, 5.74) is -3.76. The van der Waals surface area contributed by atoms with Gasteiger partial charge in [0.25, 0.3) is 0 Å². The number of nitrogens with one attached hydrogen (secondary N) is 1. The molecule has 0 radical (unpaired) electrons. The van der Waals surface area contributed by atoms with Crippen LogP contribution in [0.5, 0.6) is 0 Å². The van der Waals surface area contributed by atoms with Crippen LogP contribution in [0.3, 0.4) is 0 Å². The van der Waals surface area contributed by atoms with Crippen molar-refractivity contribution in [2.24, 2.45) is 0 Å². The first kappa shape index (κ1) is 15.2. The molecule has 1 heterocycles. The average molecular weight is 307 g/mol. The van der Waals surface area contributed by atoms with Gasteiger partial charge in [0.1, 0.15) is 12.4 Å². The Morgan fingerprint density at radius 1 is 1.38 bits per heavy atom. The molecule has 0 spiro atoms. The van der Waals surface area contributed by atoms with Crippen molar-refractivity contribution in [3.8, 4) is 0 Å². The van der Waals surface area contributed by atoms with E-state index in [1.165, 1.54) is 0 Å². The number of carbonyl (C=O) groups excluding carboxylic acids is 1. The summed E-state index contributed by atoms with van der Waals surface area (Å²) in [4.78, 5) is 22.6. The number of Topliss-reactive ketones (excluding diaryl/α,β-unsaturated/α-hetero) is 1. The van der Waals surface area contributed by atoms with Gasteiger partial charge >= 0.3 is 12.3 Å². The maximum atomic E-state index is 14.0. The number of carbonyl (C=O) groups is 2. The molecule has 1 aliphatic heterocycles. The fourth-order valence-electron chi connectivity index (χ4n) is 2.12. The van der Waals surface area contributed by atoms with E-state index in [1.54, 1.807) is 0 Å². The van der Waals surface area contributed by atoms with Gasteiger partial charge in [0.2, 0.25) is 0 Å². The van der Waals surface area contributed by atoms with Crippen LogP contribution in [0, 0.1) is 5.82 Å². The van der Waals surface area contributed by atoms with Gasteiger partial charge in [-0.3, -0.25) is 4.79 Å². The van der Waals surface area contributed by atoms with Crippen LogP contribution in [0.25, 0.3) is 0 Å². The molecule has 1 unspecified atom stereocenters. The van der Waals surface area contributed by atoms with Crippen molar-refractivity contribution < 1.29 is 37.0 Å². The van der Waals surface area contributed by atoms with Crippen LogP contribution in [-0.4, -0.2) is 30.2 Å². The SMILES string of the molecule is O=C(O)NC1(c2ccc(C(F)(F)F)cc2F)COCC1=O. The molecule has 5 nitrogen and oxygen atoms in total. The second-order valence-corrected chi connectivity index (χ2v) is 4.44. The topological polar surface area (TPSA) is 75.6 Å². The molecule has 0 bridgehead atoms. The fraction of sp³-hybridized carbons (Fsp3) is 0.333. The zero-order chi connectivity index (χ0) is 15.8. The summed E-state index contributed by atoms with van der Waals surface area (Å²) in [7, 11) is 0. The lowest BCUT2D eigenvalue weighted by Gasteiger charge is -2.26. The summed E-state index contributed by atoms with van der Waals surface area (Å²) in [5, 5.41) is 10.6. The third-order valence-corrected chi connectivity index (χ3v) is 3.10. The standard InChI is InChI=1S/C12H9F4NO4/c13-8-3-6(12(14,15)16)1-2-7(8)11(17-10(19)20)5-21-4-9(11)18/h1-3,17H,4-5H2,(H,19,20). The van der Waals surface area contributed by atoms with Crippen LogP contribution in [0.2, 0.25) is 0 Å². The molecule has 0 aliphatic carbocycles. The van der Waals surface area contributed by atoms with Gasteiger partial charge in [0, 0.05) is 5.56 Å². The van der Waals surface area contributed by atoms with Crippen LogP contribution in [0.15, 0.2) is 18.2 Å². The van der Waals surface area contributed by atoms with Gasteiger partial charge < -0.3 is 15.2 Å². The lowest BCUT2D eigenvalue weighted by molar-refractivity contribution is -0.137. The predicted octanol–water partition coefficient (Wildman–Crippen LogP) is 1.91. The lowest BCUT2D eigenvalue weighted by atomic mass is 9.87. The summed E-state index contributed by atoms with van der Waals surface area (Å²) in [6.07, 6.45) is -6.36. The van der Waals surface area contributed by atoms with E-state index in [0.29, 0.717) is 6.07 Å². The summed E-state index contributed by atoms with van der Waals surface area (Å²) < 4.78 is 56.2. The number of rotatable bonds is 2. The van der Waals surface area contributed by atoms with Gasteiger partial charge in [0.05, 0.1) is 12.2 Å². The molecule has 1 aliphatic rings. The maximum absolute atomic E-state index is 14.0. The molecule has 114 valence electrons. The minimum Gasteiger partial charge on any atom is -0.465 e. The molecule has 2 rings (SSSR count). The maximum Gasteiger partial charge on any atom is 0.416 e. The molecule has 21 heavy (non-hydrogen) atoms. The Morgan fingerprint density at radius 3 is 2.48 bits per heavy atom. The fourth-order valence-corrected chi connectivity index (χ4v) is 2.12. The quantitative estimate of drug-likeness (QED) is 0.818. The van der Waals surface area contributed by atoms with Crippen LogP contribution < -0.4 is 5.32 Å². The third kappa shape index (κ3) is 2.68. The Hall–Kier alpha value is -2.16. The van der Waals surface area contributed by atoms with Crippen LogP contribution >= 0.6 is 0 Å². The molecule has 2 N–H and O–H groups in total. The van der Waals surface area contributed by atoms with Crippen molar-refractivity contribution in [1.82, 2.24) is 5.32 Å². The van der Waals surface area contributed by atoms with Crippen molar-refractivity contribution in [3.63, 3.8) is 0 Å². The summed E-state index contributed by atoms with van der Waals surface area (Å²) in [6.45, 7) is -0.943. The largest absolute Gasteiger partial charge is 0.465 e. The molecule has 1 saturated heterocycles. The Labute approximate surface area is 115 Å². The zero-order valence-electron chi connectivity index (χ0n) is 10.3. The molecule has 1 aromatic rings. The predicted molar refractivity (Wildman–Crippen MR) is 60.1 cm³/mol. The number of alkyl halides is 3. The van der Waals surface area contributed by atoms with Gasteiger partial charge in [0.15, 0.2) is 11.3 Å². The van der Waals surface area contributed by atoms with Crippen molar-refractivity contribution in [2.45, 2.75) is 11.7 Å². The van der Waals surface area contributed by atoms with E-state index in [-0.39, 0.29) is 6.07 Å². The molecule has 1 atom stereocenters. The highest BCUT2D eigenvalue weighted by atomic mass is 19.4. The van der Waals surface area contributed by atoms with Gasteiger partial charge in [-0.05, 0) is 12.1 Å². The number of ketones is 1. The number of carboxylic acid groups (broad SMARTS) is 1. The van der Waals surface area contributed by atoms with E-state index < -0.39 is 53.7 Å². The molecule has 0 saturated carbocycles. The van der Waals surface area contributed by atoms with E-state index in [0.717, 1.165) is 6.07 Å². The molecule has 1 amide bonds. The van der Waals surface area contributed by atoms with Gasteiger partial charge in [-0.2, -0.15) is 13.2 Å². The highest BCUT2D eigenvalue weighted by Crippen LogP contribution is 2.34. The number of benzene rings is 1. The number of hydrogen-bond donors (Lipinski definition) is 2. The van der Waals surface area contributed by atoms with Crippen molar-refractivity contribution >= 4 is 11.9 Å².